The van der Waals surface area contributed by atoms with Gasteiger partial charge in [-0.25, -0.2) is 0 Å². The average Bonchev–Trinajstić information content (AvgIpc) is 2.35. The van der Waals surface area contributed by atoms with Gasteiger partial charge in [0.15, 0.2) is 0 Å². The third-order valence-corrected chi connectivity index (χ3v) is 4.31. The standard InChI is InChI=1S/C15H20N2O/c1-16-13-9-10-17(15(18)11-5-4-6-11)14-8-3-2-7-12(13)14/h2-3,7-8,11,13,16H,4-6,9-10H2,1H3. The van der Waals surface area contributed by atoms with E-state index < -0.39 is 0 Å². The summed E-state index contributed by atoms with van der Waals surface area (Å²) < 4.78 is 0. The monoisotopic (exact) mass is 244 g/mol. The van der Waals surface area contributed by atoms with E-state index in [-0.39, 0.29) is 5.92 Å². The Morgan fingerprint density at radius 2 is 2.06 bits per heavy atom. The average molecular weight is 244 g/mol. The van der Waals surface area contributed by atoms with Gasteiger partial charge in [0.1, 0.15) is 0 Å². The van der Waals surface area contributed by atoms with E-state index in [1.807, 2.05) is 18.0 Å². The molecule has 1 amide bonds. The maximum Gasteiger partial charge on any atom is 0.230 e. The molecule has 1 unspecified atom stereocenters. The number of fused-ring (bicyclic) bond motifs is 1. The number of carbonyl (C=O) groups is 1. The molecule has 1 atom stereocenters. The zero-order valence-electron chi connectivity index (χ0n) is 10.9. The van der Waals surface area contributed by atoms with Crippen LogP contribution in [0.25, 0.3) is 0 Å². The summed E-state index contributed by atoms with van der Waals surface area (Å²) in [6.07, 6.45) is 4.37. The molecule has 2 aliphatic rings. The second kappa shape index (κ2) is 4.73. The lowest BCUT2D eigenvalue weighted by Gasteiger charge is -2.38. The van der Waals surface area contributed by atoms with Crippen LogP contribution in [0.15, 0.2) is 24.3 Å². The van der Waals surface area contributed by atoms with E-state index in [2.05, 4.69) is 23.5 Å². The highest BCUT2D eigenvalue weighted by molar-refractivity contribution is 5.96. The summed E-state index contributed by atoms with van der Waals surface area (Å²) in [5.41, 5.74) is 2.37. The molecular weight excluding hydrogens is 224 g/mol. The van der Waals surface area contributed by atoms with Crippen LogP contribution < -0.4 is 10.2 Å². The SMILES string of the molecule is CNC1CCN(C(=O)C2CCC2)c2ccccc21. The fourth-order valence-corrected chi connectivity index (χ4v) is 2.97. The molecule has 96 valence electrons. The van der Waals surface area contributed by atoms with Crippen LogP contribution in [0.2, 0.25) is 0 Å². The van der Waals surface area contributed by atoms with Crippen molar-refractivity contribution in [3.63, 3.8) is 0 Å². The molecule has 1 N–H and O–H groups in total. The highest BCUT2D eigenvalue weighted by Crippen LogP contribution is 2.37. The van der Waals surface area contributed by atoms with Crippen LogP contribution in [0.5, 0.6) is 0 Å². The van der Waals surface area contributed by atoms with Gasteiger partial charge in [0.2, 0.25) is 5.91 Å². The first-order valence-electron chi connectivity index (χ1n) is 6.89. The number of para-hydroxylation sites is 1. The Morgan fingerprint density at radius 1 is 1.28 bits per heavy atom. The molecule has 3 rings (SSSR count). The summed E-state index contributed by atoms with van der Waals surface area (Å²) >= 11 is 0. The number of hydrogen-bond acceptors (Lipinski definition) is 2. The van der Waals surface area contributed by atoms with Crippen LogP contribution in [-0.2, 0) is 4.79 Å². The molecule has 18 heavy (non-hydrogen) atoms. The van der Waals surface area contributed by atoms with Crippen LogP contribution in [0.1, 0.15) is 37.3 Å². The molecule has 1 fully saturated rings. The maximum absolute atomic E-state index is 12.4. The number of amides is 1. The zero-order chi connectivity index (χ0) is 12.5. The minimum atomic E-state index is 0.282. The molecule has 0 radical (unpaired) electrons. The van der Waals surface area contributed by atoms with Crippen molar-refractivity contribution < 1.29 is 4.79 Å². The number of hydrogen-bond donors (Lipinski definition) is 1. The lowest BCUT2D eigenvalue weighted by molar-refractivity contribution is -0.124. The van der Waals surface area contributed by atoms with Gasteiger partial charge >= 0.3 is 0 Å². The van der Waals surface area contributed by atoms with Gasteiger partial charge in [-0.15, -0.1) is 0 Å². The molecule has 1 aromatic rings. The third kappa shape index (κ3) is 1.83. The molecule has 0 aromatic heterocycles. The smallest absolute Gasteiger partial charge is 0.230 e. The Kier molecular flexibility index (Phi) is 3.08. The van der Waals surface area contributed by atoms with E-state index in [1.54, 1.807) is 0 Å². The highest BCUT2D eigenvalue weighted by Gasteiger charge is 2.34. The Labute approximate surface area is 108 Å². The predicted molar refractivity (Wildman–Crippen MR) is 72.6 cm³/mol. The Balaban J connectivity index is 1.91. The van der Waals surface area contributed by atoms with Crippen molar-refractivity contribution in [1.29, 1.82) is 0 Å². The van der Waals surface area contributed by atoms with E-state index in [9.17, 15) is 4.79 Å². The normalized spacial score (nSPS) is 23.4. The lowest BCUT2D eigenvalue weighted by atomic mass is 9.83. The van der Waals surface area contributed by atoms with E-state index >= 15 is 0 Å². The summed E-state index contributed by atoms with van der Waals surface area (Å²) in [4.78, 5) is 14.5. The number of nitrogens with zero attached hydrogens (tertiary/aromatic N) is 1. The van der Waals surface area contributed by atoms with Crippen molar-refractivity contribution >= 4 is 11.6 Å². The number of rotatable bonds is 2. The maximum atomic E-state index is 12.4. The van der Waals surface area contributed by atoms with Crippen LogP contribution in [0.3, 0.4) is 0 Å². The molecule has 0 spiro atoms. The van der Waals surface area contributed by atoms with Gasteiger partial charge in [-0.3, -0.25) is 4.79 Å². The number of benzene rings is 1. The number of anilines is 1. The van der Waals surface area contributed by atoms with Crippen LogP contribution in [0, 0.1) is 5.92 Å². The molecule has 1 heterocycles. The largest absolute Gasteiger partial charge is 0.313 e. The van der Waals surface area contributed by atoms with Gasteiger partial charge in [-0.1, -0.05) is 24.6 Å². The van der Waals surface area contributed by atoms with Gasteiger partial charge in [0, 0.05) is 24.2 Å². The molecule has 1 aliphatic carbocycles. The van der Waals surface area contributed by atoms with Gasteiger partial charge in [-0.05, 0) is 37.9 Å². The topological polar surface area (TPSA) is 32.3 Å². The second-order valence-electron chi connectivity index (χ2n) is 5.31. The first kappa shape index (κ1) is 11.7. The quantitative estimate of drug-likeness (QED) is 0.867. The van der Waals surface area contributed by atoms with Crippen molar-refractivity contribution in [3.8, 4) is 0 Å². The molecule has 1 saturated carbocycles. The van der Waals surface area contributed by atoms with Crippen molar-refractivity contribution in [2.24, 2.45) is 5.92 Å². The van der Waals surface area contributed by atoms with E-state index in [0.29, 0.717) is 11.9 Å². The Bertz CT molecular complexity index is 454. The molecule has 1 aliphatic heterocycles. The van der Waals surface area contributed by atoms with Crippen molar-refractivity contribution in [3.05, 3.63) is 29.8 Å². The molecule has 0 bridgehead atoms. The summed E-state index contributed by atoms with van der Waals surface area (Å²) in [5, 5.41) is 3.34. The Morgan fingerprint density at radius 3 is 2.72 bits per heavy atom. The fourth-order valence-electron chi connectivity index (χ4n) is 2.97. The first-order valence-corrected chi connectivity index (χ1v) is 6.89. The van der Waals surface area contributed by atoms with Crippen molar-refractivity contribution in [2.45, 2.75) is 31.7 Å². The van der Waals surface area contributed by atoms with E-state index in [4.69, 9.17) is 0 Å². The second-order valence-corrected chi connectivity index (χ2v) is 5.31. The minimum absolute atomic E-state index is 0.282. The molecule has 3 nitrogen and oxygen atoms in total. The summed E-state index contributed by atoms with van der Waals surface area (Å²) in [6.45, 7) is 0.845. The van der Waals surface area contributed by atoms with E-state index in [0.717, 1.165) is 31.5 Å². The zero-order valence-corrected chi connectivity index (χ0v) is 10.9. The molecule has 0 saturated heterocycles. The summed E-state index contributed by atoms with van der Waals surface area (Å²) in [6, 6.07) is 8.68. The molecular formula is C15H20N2O. The lowest BCUT2D eigenvalue weighted by Crippen LogP contribution is -2.43. The van der Waals surface area contributed by atoms with Gasteiger partial charge in [-0.2, -0.15) is 0 Å². The van der Waals surface area contributed by atoms with Crippen molar-refractivity contribution in [2.75, 3.05) is 18.5 Å². The van der Waals surface area contributed by atoms with Gasteiger partial charge in [0.05, 0.1) is 0 Å². The van der Waals surface area contributed by atoms with Crippen molar-refractivity contribution in [1.82, 2.24) is 5.32 Å². The third-order valence-electron chi connectivity index (χ3n) is 4.31. The number of nitrogens with one attached hydrogen (secondary N) is 1. The number of carbonyl (C=O) groups excluding carboxylic acids is 1. The van der Waals surface area contributed by atoms with Crippen LogP contribution in [0.4, 0.5) is 5.69 Å². The predicted octanol–water partition coefficient (Wildman–Crippen LogP) is 2.48. The van der Waals surface area contributed by atoms with Crippen LogP contribution >= 0.6 is 0 Å². The fraction of sp³-hybridized carbons (Fsp3) is 0.533. The molecule has 3 heteroatoms. The first-order chi connectivity index (χ1) is 8.81. The minimum Gasteiger partial charge on any atom is -0.313 e. The van der Waals surface area contributed by atoms with E-state index in [1.165, 1.54) is 12.0 Å². The summed E-state index contributed by atoms with van der Waals surface area (Å²) in [7, 11) is 1.99. The highest BCUT2D eigenvalue weighted by atomic mass is 16.2. The molecule has 1 aromatic carbocycles. The van der Waals surface area contributed by atoms with Crippen LogP contribution in [-0.4, -0.2) is 19.5 Å². The Hall–Kier alpha value is -1.35. The van der Waals surface area contributed by atoms with Gasteiger partial charge < -0.3 is 10.2 Å². The van der Waals surface area contributed by atoms with Gasteiger partial charge in [0.25, 0.3) is 0 Å². The summed E-state index contributed by atoms with van der Waals surface area (Å²) in [5.74, 6) is 0.618.